The van der Waals surface area contributed by atoms with Crippen molar-refractivity contribution in [1.82, 2.24) is 5.32 Å². The van der Waals surface area contributed by atoms with Gasteiger partial charge in [0.1, 0.15) is 5.75 Å². The highest BCUT2D eigenvalue weighted by atomic mass is 79.9. The zero-order valence-electron chi connectivity index (χ0n) is 12.4. The molecular formula is C17H19Br2NO. The van der Waals surface area contributed by atoms with E-state index in [1.54, 1.807) is 0 Å². The van der Waals surface area contributed by atoms with Gasteiger partial charge in [-0.15, -0.1) is 0 Å². The van der Waals surface area contributed by atoms with Crippen molar-refractivity contribution in [2.75, 3.05) is 7.05 Å². The number of para-hydroxylation sites is 1. The molecule has 2 rings (SSSR count). The van der Waals surface area contributed by atoms with Gasteiger partial charge in [0.25, 0.3) is 0 Å². The van der Waals surface area contributed by atoms with Crippen molar-refractivity contribution >= 4 is 31.9 Å². The van der Waals surface area contributed by atoms with Crippen molar-refractivity contribution in [3.8, 4) is 5.75 Å². The molecule has 1 unspecified atom stereocenters. The lowest BCUT2D eigenvalue weighted by Crippen LogP contribution is -2.20. The fourth-order valence-corrected chi connectivity index (χ4v) is 3.15. The van der Waals surface area contributed by atoms with Crippen LogP contribution >= 0.6 is 31.9 Å². The molecule has 0 spiro atoms. The van der Waals surface area contributed by atoms with Crippen LogP contribution in [-0.4, -0.2) is 13.2 Å². The maximum Gasteiger partial charge on any atom is 0.124 e. The van der Waals surface area contributed by atoms with Gasteiger partial charge in [-0.1, -0.05) is 50.1 Å². The van der Waals surface area contributed by atoms with Crippen LogP contribution in [0.4, 0.5) is 0 Å². The zero-order chi connectivity index (χ0) is 15.4. The summed E-state index contributed by atoms with van der Waals surface area (Å²) in [5, 5.41) is 3.39. The number of benzene rings is 2. The van der Waals surface area contributed by atoms with Crippen LogP contribution < -0.4 is 10.1 Å². The normalized spacial score (nSPS) is 12.5. The molecule has 2 nitrogen and oxygen atoms in total. The van der Waals surface area contributed by atoms with E-state index in [1.807, 2.05) is 45.2 Å². The van der Waals surface area contributed by atoms with E-state index in [2.05, 4.69) is 55.4 Å². The van der Waals surface area contributed by atoms with Crippen LogP contribution in [0.3, 0.4) is 0 Å². The zero-order valence-corrected chi connectivity index (χ0v) is 15.5. The molecule has 0 aliphatic carbocycles. The van der Waals surface area contributed by atoms with E-state index < -0.39 is 0 Å². The Morgan fingerprint density at radius 3 is 2.38 bits per heavy atom. The fourth-order valence-electron chi connectivity index (χ4n) is 2.29. The van der Waals surface area contributed by atoms with E-state index in [0.29, 0.717) is 0 Å². The van der Waals surface area contributed by atoms with Gasteiger partial charge in [-0.2, -0.15) is 0 Å². The van der Waals surface area contributed by atoms with Crippen molar-refractivity contribution < 1.29 is 4.74 Å². The number of hydrogen-bond acceptors (Lipinski definition) is 2. The number of ether oxygens (including phenoxy) is 1. The lowest BCUT2D eigenvalue weighted by Gasteiger charge is -2.23. The molecule has 21 heavy (non-hydrogen) atoms. The summed E-state index contributed by atoms with van der Waals surface area (Å²) in [5.74, 6) is 0.915. The Labute approximate surface area is 143 Å². The van der Waals surface area contributed by atoms with Crippen LogP contribution in [0.5, 0.6) is 5.75 Å². The second-order valence-electron chi connectivity index (χ2n) is 5.09. The standard InChI is InChI=1S/C17H19Br2NO/c1-11(2)21-16-7-5-4-6-13(16)17(20-3)14-10-12(18)8-9-15(14)19/h4-11,17,20H,1-3H3. The monoisotopic (exact) mass is 411 g/mol. The maximum atomic E-state index is 5.95. The molecule has 0 aliphatic heterocycles. The third-order valence-corrected chi connectivity index (χ3v) is 4.37. The first-order valence-electron chi connectivity index (χ1n) is 6.90. The Morgan fingerprint density at radius 2 is 1.71 bits per heavy atom. The van der Waals surface area contributed by atoms with Crippen molar-refractivity contribution in [3.63, 3.8) is 0 Å². The Morgan fingerprint density at radius 1 is 1.00 bits per heavy atom. The molecule has 0 saturated heterocycles. The van der Waals surface area contributed by atoms with Crippen LogP contribution in [0.1, 0.15) is 31.0 Å². The quantitative estimate of drug-likeness (QED) is 0.718. The highest BCUT2D eigenvalue weighted by molar-refractivity contribution is 9.11. The molecule has 112 valence electrons. The summed E-state index contributed by atoms with van der Waals surface area (Å²) in [6, 6.07) is 14.4. The third-order valence-electron chi connectivity index (χ3n) is 3.15. The molecule has 4 heteroatoms. The van der Waals surface area contributed by atoms with E-state index in [1.165, 1.54) is 5.56 Å². The van der Waals surface area contributed by atoms with Crippen molar-refractivity contribution in [2.45, 2.75) is 26.0 Å². The SMILES string of the molecule is CNC(c1cc(Br)ccc1Br)c1ccccc1OC(C)C. The van der Waals surface area contributed by atoms with Crippen LogP contribution in [-0.2, 0) is 0 Å². The number of halogens is 2. The molecule has 0 radical (unpaired) electrons. The van der Waals surface area contributed by atoms with E-state index in [9.17, 15) is 0 Å². The Kier molecular flexibility index (Phi) is 5.85. The Bertz CT molecular complexity index is 613. The molecule has 0 bridgehead atoms. The summed E-state index contributed by atoms with van der Waals surface area (Å²) in [6.07, 6.45) is 0.148. The van der Waals surface area contributed by atoms with Crippen LogP contribution in [0.15, 0.2) is 51.4 Å². The van der Waals surface area contributed by atoms with Gasteiger partial charge in [0.2, 0.25) is 0 Å². The third kappa shape index (κ3) is 4.09. The fraction of sp³-hybridized carbons (Fsp3) is 0.294. The lowest BCUT2D eigenvalue weighted by atomic mass is 9.98. The predicted molar refractivity (Wildman–Crippen MR) is 95.0 cm³/mol. The van der Waals surface area contributed by atoms with Gasteiger partial charge in [0, 0.05) is 14.5 Å². The minimum atomic E-state index is 0.0619. The molecule has 0 amide bonds. The average molecular weight is 413 g/mol. The van der Waals surface area contributed by atoms with Crippen LogP contribution in [0.25, 0.3) is 0 Å². The van der Waals surface area contributed by atoms with Crippen LogP contribution in [0.2, 0.25) is 0 Å². The molecule has 2 aromatic carbocycles. The Hall–Kier alpha value is -0.840. The molecule has 0 heterocycles. The van der Waals surface area contributed by atoms with Crippen LogP contribution in [0, 0.1) is 0 Å². The van der Waals surface area contributed by atoms with Gasteiger partial charge in [-0.05, 0) is 50.7 Å². The second-order valence-corrected chi connectivity index (χ2v) is 6.86. The highest BCUT2D eigenvalue weighted by Crippen LogP contribution is 2.35. The summed E-state index contributed by atoms with van der Waals surface area (Å²) >= 11 is 7.19. The molecule has 0 aromatic heterocycles. The average Bonchev–Trinajstić information content (AvgIpc) is 2.44. The molecule has 0 fully saturated rings. The molecule has 0 saturated carbocycles. The first kappa shape index (κ1) is 16.5. The summed E-state index contributed by atoms with van der Waals surface area (Å²) in [7, 11) is 1.96. The number of rotatable bonds is 5. The molecule has 0 aliphatic rings. The highest BCUT2D eigenvalue weighted by Gasteiger charge is 2.19. The smallest absolute Gasteiger partial charge is 0.124 e. The van der Waals surface area contributed by atoms with Crippen molar-refractivity contribution in [1.29, 1.82) is 0 Å². The second kappa shape index (κ2) is 7.43. The summed E-state index contributed by atoms with van der Waals surface area (Å²) < 4.78 is 8.08. The molecule has 1 N–H and O–H groups in total. The summed E-state index contributed by atoms with van der Waals surface area (Å²) in [6.45, 7) is 4.08. The van der Waals surface area contributed by atoms with E-state index in [-0.39, 0.29) is 12.1 Å². The first-order valence-corrected chi connectivity index (χ1v) is 8.49. The molecule has 2 aromatic rings. The Balaban J connectivity index is 2.49. The van der Waals surface area contributed by atoms with Crippen molar-refractivity contribution in [2.24, 2.45) is 0 Å². The largest absolute Gasteiger partial charge is 0.491 e. The minimum absolute atomic E-state index is 0.0619. The van der Waals surface area contributed by atoms with E-state index >= 15 is 0 Å². The summed E-state index contributed by atoms with van der Waals surface area (Å²) in [5.41, 5.74) is 2.30. The number of hydrogen-bond donors (Lipinski definition) is 1. The predicted octanol–water partition coefficient (Wildman–Crippen LogP) is 5.31. The maximum absolute atomic E-state index is 5.95. The van der Waals surface area contributed by atoms with Gasteiger partial charge >= 0.3 is 0 Å². The van der Waals surface area contributed by atoms with Gasteiger partial charge in [-0.3, -0.25) is 0 Å². The number of nitrogens with one attached hydrogen (secondary N) is 1. The minimum Gasteiger partial charge on any atom is -0.491 e. The molecule has 1 atom stereocenters. The lowest BCUT2D eigenvalue weighted by molar-refractivity contribution is 0.238. The van der Waals surface area contributed by atoms with E-state index in [0.717, 1.165) is 20.3 Å². The van der Waals surface area contributed by atoms with Gasteiger partial charge in [0.05, 0.1) is 12.1 Å². The van der Waals surface area contributed by atoms with Gasteiger partial charge in [0.15, 0.2) is 0 Å². The van der Waals surface area contributed by atoms with Crippen molar-refractivity contribution in [3.05, 3.63) is 62.5 Å². The summed E-state index contributed by atoms with van der Waals surface area (Å²) in [4.78, 5) is 0. The van der Waals surface area contributed by atoms with Gasteiger partial charge in [-0.25, -0.2) is 0 Å². The first-order chi connectivity index (χ1) is 10.0. The molecular weight excluding hydrogens is 394 g/mol. The van der Waals surface area contributed by atoms with E-state index in [4.69, 9.17) is 4.74 Å². The van der Waals surface area contributed by atoms with Gasteiger partial charge < -0.3 is 10.1 Å². The topological polar surface area (TPSA) is 21.3 Å².